The molecule has 0 saturated carbocycles. The SMILES string of the molecule is CC(C)NC(=O)CN(C)C(c1cccs1)C(C)N. The van der Waals surface area contributed by atoms with Crippen LogP contribution >= 0.6 is 11.3 Å². The molecule has 1 heterocycles. The van der Waals surface area contributed by atoms with Crippen molar-refractivity contribution in [3.8, 4) is 0 Å². The molecule has 0 bridgehead atoms. The first-order valence-corrected chi connectivity index (χ1v) is 7.08. The highest BCUT2D eigenvalue weighted by Gasteiger charge is 2.23. The largest absolute Gasteiger partial charge is 0.353 e. The van der Waals surface area contributed by atoms with Gasteiger partial charge in [-0.1, -0.05) is 6.07 Å². The Balaban J connectivity index is 2.67. The molecule has 1 aromatic heterocycles. The summed E-state index contributed by atoms with van der Waals surface area (Å²) in [7, 11) is 1.94. The summed E-state index contributed by atoms with van der Waals surface area (Å²) in [5.41, 5.74) is 6.04. The number of carbonyl (C=O) groups is 1. The third kappa shape index (κ3) is 4.40. The third-order valence-corrected chi connectivity index (χ3v) is 3.59. The lowest BCUT2D eigenvalue weighted by Crippen LogP contribution is -2.43. The van der Waals surface area contributed by atoms with Crippen LogP contribution in [0.25, 0.3) is 0 Å². The van der Waals surface area contributed by atoms with Crippen molar-refractivity contribution in [3.05, 3.63) is 22.4 Å². The summed E-state index contributed by atoms with van der Waals surface area (Å²) in [4.78, 5) is 15.0. The second-order valence-corrected chi connectivity index (χ2v) is 5.94. The minimum atomic E-state index is -0.0134. The number of nitrogens with two attached hydrogens (primary N) is 1. The molecule has 2 unspecified atom stereocenters. The fourth-order valence-corrected chi connectivity index (χ4v) is 3.04. The van der Waals surface area contributed by atoms with Gasteiger partial charge in [-0.25, -0.2) is 0 Å². The van der Waals surface area contributed by atoms with Crippen LogP contribution in [0.15, 0.2) is 17.5 Å². The van der Waals surface area contributed by atoms with Crippen LogP contribution in [0.5, 0.6) is 0 Å². The van der Waals surface area contributed by atoms with Crippen LogP contribution in [0.1, 0.15) is 31.7 Å². The summed E-state index contributed by atoms with van der Waals surface area (Å²) in [6.07, 6.45) is 0. The highest BCUT2D eigenvalue weighted by Crippen LogP contribution is 2.26. The molecule has 0 aliphatic heterocycles. The number of likely N-dealkylation sites (N-methyl/N-ethyl adjacent to an activating group) is 1. The van der Waals surface area contributed by atoms with Gasteiger partial charge in [0.15, 0.2) is 0 Å². The lowest BCUT2D eigenvalue weighted by Gasteiger charge is -2.30. The predicted octanol–water partition coefficient (Wildman–Crippen LogP) is 1.59. The van der Waals surface area contributed by atoms with Crippen LogP contribution in [-0.2, 0) is 4.79 Å². The molecule has 1 rings (SSSR count). The van der Waals surface area contributed by atoms with Crippen molar-refractivity contribution in [2.75, 3.05) is 13.6 Å². The Hall–Kier alpha value is -0.910. The van der Waals surface area contributed by atoms with Crippen LogP contribution in [0.2, 0.25) is 0 Å². The first-order chi connectivity index (χ1) is 8.41. The van der Waals surface area contributed by atoms with E-state index in [4.69, 9.17) is 5.73 Å². The molecule has 0 saturated heterocycles. The molecular weight excluding hydrogens is 246 g/mol. The molecule has 102 valence electrons. The molecule has 1 aromatic rings. The zero-order valence-corrected chi connectivity index (χ0v) is 12.3. The fourth-order valence-electron chi connectivity index (χ4n) is 2.03. The zero-order chi connectivity index (χ0) is 13.7. The molecular formula is C13H23N3OS. The van der Waals surface area contributed by atoms with E-state index in [0.29, 0.717) is 6.54 Å². The first-order valence-electron chi connectivity index (χ1n) is 6.20. The molecule has 0 aliphatic carbocycles. The number of amides is 1. The average Bonchev–Trinajstić information content (AvgIpc) is 2.68. The van der Waals surface area contributed by atoms with Crippen LogP contribution in [0, 0.1) is 0 Å². The molecule has 2 atom stereocenters. The average molecular weight is 269 g/mol. The maximum Gasteiger partial charge on any atom is 0.234 e. The second kappa shape index (κ2) is 6.87. The number of nitrogens with zero attached hydrogens (tertiary/aromatic N) is 1. The summed E-state index contributed by atoms with van der Waals surface area (Å²) in [6, 6.07) is 4.32. The monoisotopic (exact) mass is 269 g/mol. The van der Waals surface area contributed by atoms with Gasteiger partial charge in [-0.3, -0.25) is 9.69 Å². The van der Waals surface area contributed by atoms with Crippen molar-refractivity contribution in [1.82, 2.24) is 10.2 Å². The molecule has 3 N–H and O–H groups in total. The minimum absolute atomic E-state index is 0.0134. The molecule has 0 radical (unpaired) electrons. The van der Waals surface area contributed by atoms with Gasteiger partial charge >= 0.3 is 0 Å². The molecule has 0 aromatic carbocycles. The number of rotatable bonds is 6. The Bertz CT molecular complexity index is 362. The second-order valence-electron chi connectivity index (χ2n) is 4.96. The maximum absolute atomic E-state index is 11.8. The molecule has 0 aliphatic rings. The van der Waals surface area contributed by atoms with Gasteiger partial charge in [-0.2, -0.15) is 0 Å². The van der Waals surface area contributed by atoms with E-state index in [2.05, 4.69) is 11.4 Å². The Morgan fingerprint density at radius 1 is 1.50 bits per heavy atom. The van der Waals surface area contributed by atoms with Gasteiger partial charge in [0.25, 0.3) is 0 Å². The number of hydrogen-bond donors (Lipinski definition) is 2. The molecule has 1 amide bonds. The Morgan fingerprint density at radius 2 is 2.17 bits per heavy atom. The van der Waals surface area contributed by atoms with Gasteiger partial charge in [0.05, 0.1) is 12.6 Å². The van der Waals surface area contributed by atoms with Crippen molar-refractivity contribution < 1.29 is 4.79 Å². The van der Waals surface area contributed by atoms with Gasteiger partial charge in [-0.05, 0) is 39.3 Å². The Labute approximate surface area is 113 Å². The van der Waals surface area contributed by atoms with Crippen molar-refractivity contribution >= 4 is 17.2 Å². The molecule has 18 heavy (non-hydrogen) atoms. The van der Waals surface area contributed by atoms with Crippen molar-refractivity contribution in [2.24, 2.45) is 5.73 Å². The van der Waals surface area contributed by atoms with Crippen molar-refractivity contribution in [3.63, 3.8) is 0 Å². The van der Waals surface area contributed by atoms with E-state index in [9.17, 15) is 4.79 Å². The normalized spacial score (nSPS) is 14.8. The smallest absolute Gasteiger partial charge is 0.234 e. The number of nitrogens with one attached hydrogen (secondary N) is 1. The van der Waals surface area contributed by atoms with Crippen LogP contribution in [0.4, 0.5) is 0 Å². The minimum Gasteiger partial charge on any atom is -0.353 e. The zero-order valence-electron chi connectivity index (χ0n) is 11.5. The molecule has 4 nitrogen and oxygen atoms in total. The van der Waals surface area contributed by atoms with Crippen LogP contribution < -0.4 is 11.1 Å². The van der Waals surface area contributed by atoms with Crippen molar-refractivity contribution in [1.29, 1.82) is 0 Å². The quantitative estimate of drug-likeness (QED) is 0.824. The summed E-state index contributed by atoms with van der Waals surface area (Å²) < 4.78 is 0. The summed E-state index contributed by atoms with van der Waals surface area (Å²) >= 11 is 1.68. The van der Waals surface area contributed by atoms with E-state index < -0.39 is 0 Å². The number of hydrogen-bond acceptors (Lipinski definition) is 4. The Kier molecular flexibility index (Phi) is 5.78. The van der Waals surface area contributed by atoms with Gasteiger partial charge in [0, 0.05) is 17.0 Å². The summed E-state index contributed by atoms with van der Waals surface area (Å²) in [5, 5.41) is 4.93. The van der Waals surface area contributed by atoms with Gasteiger partial charge in [0.2, 0.25) is 5.91 Å². The van der Waals surface area contributed by atoms with Gasteiger partial charge in [-0.15, -0.1) is 11.3 Å². The van der Waals surface area contributed by atoms with Gasteiger partial charge < -0.3 is 11.1 Å². The lowest BCUT2D eigenvalue weighted by atomic mass is 10.1. The van der Waals surface area contributed by atoms with E-state index in [0.717, 1.165) is 0 Å². The predicted molar refractivity (Wildman–Crippen MR) is 76.6 cm³/mol. The van der Waals surface area contributed by atoms with E-state index >= 15 is 0 Å². The number of carbonyl (C=O) groups excluding carboxylic acids is 1. The van der Waals surface area contributed by atoms with E-state index in [1.165, 1.54) is 4.88 Å². The van der Waals surface area contributed by atoms with E-state index in [-0.39, 0.29) is 24.0 Å². The van der Waals surface area contributed by atoms with E-state index in [1.54, 1.807) is 11.3 Å². The highest BCUT2D eigenvalue weighted by atomic mass is 32.1. The fraction of sp³-hybridized carbons (Fsp3) is 0.615. The number of thiophene rings is 1. The third-order valence-electron chi connectivity index (χ3n) is 2.65. The maximum atomic E-state index is 11.8. The van der Waals surface area contributed by atoms with E-state index in [1.807, 2.05) is 44.2 Å². The molecule has 5 heteroatoms. The molecule has 0 spiro atoms. The van der Waals surface area contributed by atoms with Crippen molar-refractivity contribution in [2.45, 2.75) is 38.9 Å². The molecule has 0 fully saturated rings. The first kappa shape index (κ1) is 15.1. The standard InChI is InChI=1S/C13H23N3OS/c1-9(2)15-12(17)8-16(4)13(10(3)14)11-6-5-7-18-11/h5-7,9-10,13H,8,14H2,1-4H3,(H,15,17). The highest BCUT2D eigenvalue weighted by molar-refractivity contribution is 7.10. The van der Waals surface area contributed by atoms with Crippen LogP contribution in [0.3, 0.4) is 0 Å². The topological polar surface area (TPSA) is 58.4 Å². The van der Waals surface area contributed by atoms with Crippen LogP contribution in [-0.4, -0.2) is 36.5 Å². The Morgan fingerprint density at radius 3 is 2.61 bits per heavy atom. The van der Waals surface area contributed by atoms with Gasteiger partial charge in [0.1, 0.15) is 0 Å². The summed E-state index contributed by atoms with van der Waals surface area (Å²) in [5.74, 6) is 0.0368. The lowest BCUT2D eigenvalue weighted by molar-refractivity contribution is -0.123. The summed E-state index contributed by atoms with van der Waals surface area (Å²) in [6.45, 7) is 6.25.